The quantitative estimate of drug-likeness (QED) is 0.729. The number of carbonyl (C=O) groups excluding carboxylic acids is 1. The number of hydrogen-bond donors (Lipinski definition) is 1. The number of alkyl halides is 1. The number of halogens is 1. The normalized spacial score (nSPS) is 24.6. The van der Waals surface area contributed by atoms with Crippen LogP contribution >= 0.6 is 15.9 Å². The van der Waals surface area contributed by atoms with Crippen molar-refractivity contribution in [1.29, 1.82) is 0 Å². The van der Waals surface area contributed by atoms with Crippen LogP contribution < -0.4 is 5.32 Å². The average molecular weight is 344 g/mol. The molecule has 2 fully saturated rings. The van der Waals surface area contributed by atoms with Crippen molar-refractivity contribution in [3.05, 3.63) is 0 Å². The molecule has 0 radical (unpaired) electrons. The minimum Gasteiger partial charge on any atom is -0.355 e. The van der Waals surface area contributed by atoms with Gasteiger partial charge in [0.15, 0.2) is 0 Å². The van der Waals surface area contributed by atoms with Gasteiger partial charge < -0.3 is 5.32 Å². The highest BCUT2D eigenvalue weighted by molar-refractivity contribution is 9.09. The maximum absolute atomic E-state index is 12.4. The molecular formula is C17H30BrNO. The van der Waals surface area contributed by atoms with E-state index >= 15 is 0 Å². The Balaban J connectivity index is 1.80. The highest BCUT2D eigenvalue weighted by atomic mass is 79.9. The molecular weight excluding hydrogens is 314 g/mol. The number of carbonyl (C=O) groups is 1. The molecule has 1 N–H and O–H groups in total. The van der Waals surface area contributed by atoms with Crippen LogP contribution in [0.25, 0.3) is 0 Å². The Bertz CT molecular complexity index is 291. The van der Waals surface area contributed by atoms with Crippen LogP contribution in [0.1, 0.15) is 77.0 Å². The number of hydrogen-bond acceptors (Lipinski definition) is 1. The Morgan fingerprint density at radius 3 is 2.10 bits per heavy atom. The molecule has 116 valence electrons. The van der Waals surface area contributed by atoms with Gasteiger partial charge in [-0.25, -0.2) is 0 Å². The molecule has 0 aromatic rings. The second kappa shape index (κ2) is 8.41. The maximum atomic E-state index is 12.4. The zero-order chi connectivity index (χ0) is 14.3. The molecule has 20 heavy (non-hydrogen) atoms. The van der Waals surface area contributed by atoms with E-state index in [0.717, 1.165) is 24.7 Å². The predicted octanol–water partition coefficient (Wildman–Crippen LogP) is 4.81. The van der Waals surface area contributed by atoms with Gasteiger partial charge in [0, 0.05) is 17.8 Å². The van der Waals surface area contributed by atoms with Gasteiger partial charge in [-0.05, 0) is 31.1 Å². The highest BCUT2D eigenvalue weighted by Crippen LogP contribution is 2.37. The lowest BCUT2D eigenvalue weighted by Crippen LogP contribution is -2.42. The fourth-order valence-corrected chi connectivity index (χ4v) is 4.56. The van der Waals surface area contributed by atoms with E-state index in [4.69, 9.17) is 0 Å². The molecule has 0 aliphatic heterocycles. The molecule has 2 saturated carbocycles. The lowest BCUT2D eigenvalue weighted by molar-refractivity contribution is -0.126. The maximum Gasteiger partial charge on any atom is 0.223 e. The van der Waals surface area contributed by atoms with E-state index < -0.39 is 0 Å². The average Bonchev–Trinajstić information content (AvgIpc) is 2.45. The molecule has 1 amide bonds. The Morgan fingerprint density at radius 1 is 0.950 bits per heavy atom. The molecule has 2 nitrogen and oxygen atoms in total. The summed E-state index contributed by atoms with van der Waals surface area (Å²) in [5.41, 5.74) is 0.329. The van der Waals surface area contributed by atoms with E-state index in [0.29, 0.717) is 11.3 Å². The van der Waals surface area contributed by atoms with E-state index in [2.05, 4.69) is 21.2 Å². The van der Waals surface area contributed by atoms with Gasteiger partial charge in [0.1, 0.15) is 0 Å². The molecule has 0 heterocycles. The summed E-state index contributed by atoms with van der Waals surface area (Å²) in [6, 6.07) is 0. The van der Waals surface area contributed by atoms with Crippen LogP contribution in [0, 0.1) is 11.3 Å². The Morgan fingerprint density at radius 2 is 1.50 bits per heavy atom. The van der Waals surface area contributed by atoms with Crippen LogP contribution in [0.3, 0.4) is 0 Å². The Kier molecular flexibility index (Phi) is 6.86. The van der Waals surface area contributed by atoms with Gasteiger partial charge in [0.05, 0.1) is 0 Å². The molecule has 0 unspecified atom stereocenters. The van der Waals surface area contributed by atoms with Gasteiger partial charge in [-0.15, -0.1) is 0 Å². The molecule has 0 aromatic heterocycles. The van der Waals surface area contributed by atoms with Gasteiger partial charge in [-0.3, -0.25) is 4.79 Å². The molecule has 2 rings (SSSR count). The Hall–Kier alpha value is -0.0500. The minimum atomic E-state index is 0.284. The van der Waals surface area contributed by atoms with Crippen molar-refractivity contribution in [2.24, 2.45) is 11.3 Å². The van der Waals surface area contributed by atoms with Crippen LogP contribution in [0.5, 0.6) is 0 Å². The van der Waals surface area contributed by atoms with Crippen molar-refractivity contribution >= 4 is 21.8 Å². The van der Waals surface area contributed by atoms with E-state index in [1.807, 2.05) is 0 Å². The van der Waals surface area contributed by atoms with Gasteiger partial charge in [-0.2, -0.15) is 0 Å². The van der Waals surface area contributed by atoms with E-state index in [1.165, 1.54) is 64.2 Å². The van der Waals surface area contributed by atoms with Crippen molar-refractivity contribution in [2.45, 2.75) is 77.0 Å². The zero-order valence-electron chi connectivity index (χ0n) is 12.8. The fraction of sp³-hybridized carbons (Fsp3) is 0.941. The smallest absolute Gasteiger partial charge is 0.223 e. The summed E-state index contributed by atoms with van der Waals surface area (Å²) in [5, 5.41) is 4.33. The highest BCUT2D eigenvalue weighted by Gasteiger charge is 2.32. The van der Waals surface area contributed by atoms with Crippen molar-refractivity contribution in [3.63, 3.8) is 0 Å². The first-order valence-electron chi connectivity index (χ1n) is 8.59. The predicted molar refractivity (Wildman–Crippen MR) is 88.1 cm³/mol. The molecule has 0 aromatic carbocycles. The zero-order valence-corrected chi connectivity index (χ0v) is 14.3. The monoisotopic (exact) mass is 343 g/mol. The van der Waals surface area contributed by atoms with E-state index in [-0.39, 0.29) is 5.92 Å². The topological polar surface area (TPSA) is 29.1 Å². The fourth-order valence-electron chi connectivity index (χ4n) is 3.80. The van der Waals surface area contributed by atoms with Crippen LogP contribution in [0.15, 0.2) is 0 Å². The third-order valence-corrected chi connectivity index (χ3v) is 6.50. The summed E-state index contributed by atoms with van der Waals surface area (Å²) in [6.07, 6.45) is 15.2. The number of amides is 1. The third-order valence-electron chi connectivity index (χ3n) is 5.31. The summed E-state index contributed by atoms with van der Waals surface area (Å²) >= 11 is 3.69. The second-order valence-electron chi connectivity index (χ2n) is 6.95. The second-order valence-corrected chi connectivity index (χ2v) is 7.51. The molecule has 2 aliphatic rings. The van der Waals surface area contributed by atoms with E-state index in [1.54, 1.807) is 0 Å². The first-order valence-corrected chi connectivity index (χ1v) is 9.72. The van der Waals surface area contributed by atoms with Gasteiger partial charge in [-0.1, -0.05) is 67.3 Å². The molecule has 3 heteroatoms. The van der Waals surface area contributed by atoms with Crippen molar-refractivity contribution in [3.8, 4) is 0 Å². The van der Waals surface area contributed by atoms with Crippen molar-refractivity contribution in [1.82, 2.24) is 5.32 Å². The number of rotatable bonds is 4. The first-order chi connectivity index (χ1) is 9.76. The van der Waals surface area contributed by atoms with E-state index in [9.17, 15) is 4.79 Å². The summed E-state index contributed by atoms with van der Waals surface area (Å²) in [6.45, 7) is 0.883. The summed E-state index contributed by atoms with van der Waals surface area (Å²) in [7, 11) is 0. The van der Waals surface area contributed by atoms with Crippen molar-refractivity contribution < 1.29 is 4.79 Å². The van der Waals surface area contributed by atoms with Gasteiger partial charge >= 0.3 is 0 Å². The standard InChI is InChI=1S/C17H30BrNO/c18-13-17(11-7-4-8-12-17)14-19-16(20)15-9-5-2-1-3-6-10-15/h15H,1-14H2,(H,19,20). The summed E-state index contributed by atoms with van der Waals surface area (Å²) in [4.78, 5) is 12.4. The molecule has 0 spiro atoms. The first kappa shape index (κ1) is 16.3. The number of nitrogens with one attached hydrogen (secondary N) is 1. The summed E-state index contributed by atoms with van der Waals surface area (Å²) in [5.74, 6) is 0.615. The molecule has 0 bridgehead atoms. The van der Waals surface area contributed by atoms with Gasteiger partial charge in [0.25, 0.3) is 0 Å². The molecule has 0 atom stereocenters. The van der Waals surface area contributed by atoms with Crippen LogP contribution in [0.4, 0.5) is 0 Å². The SMILES string of the molecule is O=C(NCC1(CBr)CCCCC1)C1CCCCCCC1. The van der Waals surface area contributed by atoms with Crippen molar-refractivity contribution in [2.75, 3.05) is 11.9 Å². The molecule has 2 aliphatic carbocycles. The molecule has 0 saturated heterocycles. The lowest BCUT2D eigenvalue weighted by Gasteiger charge is -2.36. The van der Waals surface area contributed by atoms with Crippen LogP contribution in [-0.4, -0.2) is 17.8 Å². The minimum absolute atomic E-state index is 0.284. The largest absolute Gasteiger partial charge is 0.355 e. The van der Waals surface area contributed by atoms with Crippen LogP contribution in [0.2, 0.25) is 0 Å². The Labute approximate surface area is 132 Å². The third kappa shape index (κ3) is 4.75. The summed E-state index contributed by atoms with van der Waals surface area (Å²) < 4.78 is 0. The lowest BCUT2D eigenvalue weighted by atomic mass is 9.75. The van der Waals surface area contributed by atoms with Crippen LogP contribution in [-0.2, 0) is 4.79 Å². The van der Waals surface area contributed by atoms with Gasteiger partial charge in [0.2, 0.25) is 5.91 Å².